The summed E-state index contributed by atoms with van der Waals surface area (Å²) >= 11 is 0. The number of hydrogen-bond acceptors (Lipinski definition) is 0. The molecule has 0 aromatic carbocycles. The van der Waals surface area contributed by atoms with Crippen LogP contribution in [0.5, 0.6) is 0 Å². The van der Waals surface area contributed by atoms with Crippen LogP contribution in [0, 0.1) is 11.3 Å². The van der Waals surface area contributed by atoms with E-state index < -0.39 is 60.7 Å². The molecular weight excluding hydrogens is 360 g/mol. The van der Waals surface area contributed by atoms with E-state index in [1.54, 1.807) is 0 Å². The Labute approximate surface area is 121 Å². The average molecular weight is 370 g/mol. The zero-order chi connectivity index (χ0) is 18.7. The van der Waals surface area contributed by atoms with Crippen molar-refractivity contribution in [3.05, 3.63) is 0 Å². The van der Waals surface area contributed by atoms with Gasteiger partial charge in [0.05, 0.1) is 0 Å². The molecule has 0 heterocycles. The van der Waals surface area contributed by atoms with Crippen LogP contribution >= 0.6 is 0 Å². The first-order chi connectivity index (χ1) is 9.92. The fraction of sp³-hybridized carbons (Fsp3) is 1.00. The first kappa shape index (κ1) is 20.2. The van der Waals surface area contributed by atoms with E-state index in [-0.39, 0.29) is 0 Å². The Hall–Kier alpha value is -0.840. The lowest BCUT2D eigenvalue weighted by Crippen LogP contribution is -2.71. The normalized spacial score (nSPS) is 29.9. The lowest BCUT2D eigenvalue weighted by molar-refractivity contribution is -0.432. The molecule has 0 saturated heterocycles. The Morgan fingerprint density at radius 3 is 1.48 bits per heavy atom. The molecule has 2 unspecified atom stereocenters. The lowest BCUT2D eigenvalue weighted by atomic mass is 9.65. The van der Waals surface area contributed by atoms with Crippen molar-refractivity contribution < 1.29 is 52.7 Å². The van der Waals surface area contributed by atoms with Crippen molar-refractivity contribution >= 4 is 0 Å². The van der Waals surface area contributed by atoms with E-state index in [0.29, 0.717) is 0 Å². The fourth-order valence-electron chi connectivity index (χ4n) is 3.32. The molecule has 0 bridgehead atoms. The molecule has 2 atom stereocenters. The van der Waals surface area contributed by atoms with E-state index in [2.05, 4.69) is 0 Å². The summed E-state index contributed by atoms with van der Waals surface area (Å²) in [6.45, 7) is 0.731. The Balaban J connectivity index is 3.85. The standard InChI is InChI=1S/C11H10F12/c1-2-5-3-4-6(12,8(13,14)11(21,22)23)7(5,9(15,16)17)10(18,19)20/h5H,2-4H2,1H3. The Kier molecular flexibility index (Phi) is 4.46. The van der Waals surface area contributed by atoms with Crippen molar-refractivity contribution in [2.75, 3.05) is 0 Å². The van der Waals surface area contributed by atoms with E-state index in [4.69, 9.17) is 0 Å². The van der Waals surface area contributed by atoms with Crippen LogP contribution in [0.4, 0.5) is 52.7 Å². The highest BCUT2D eigenvalue weighted by Gasteiger charge is 2.93. The highest BCUT2D eigenvalue weighted by atomic mass is 19.4. The highest BCUT2D eigenvalue weighted by molar-refractivity contribution is 5.21. The van der Waals surface area contributed by atoms with Crippen LogP contribution in [-0.4, -0.2) is 30.1 Å². The summed E-state index contributed by atoms with van der Waals surface area (Å²) in [5.74, 6) is -9.62. The van der Waals surface area contributed by atoms with Gasteiger partial charge in [0.15, 0.2) is 0 Å². The molecule has 138 valence electrons. The molecule has 1 rings (SSSR count). The summed E-state index contributed by atoms with van der Waals surface area (Å²) in [4.78, 5) is 0. The molecule has 0 N–H and O–H groups in total. The summed E-state index contributed by atoms with van der Waals surface area (Å²) in [5.41, 5.74) is -11.7. The van der Waals surface area contributed by atoms with Crippen LogP contribution in [0.15, 0.2) is 0 Å². The predicted molar refractivity (Wildman–Crippen MR) is 52.4 cm³/mol. The van der Waals surface area contributed by atoms with E-state index in [0.717, 1.165) is 6.92 Å². The maximum atomic E-state index is 14.4. The zero-order valence-corrected chi connectivity index (χ0v) is 11.2. The minimum Gasteiger partial charge on any atom is -0.235 e. The lowest BCUT2D eigenvalue weighted by Gasteiger charge is -2.48. The molecule has 0 spiro atoms. The molecule has 1 aliphatic rings. The van der Waals surface area contributed by atoms with Gasteiger partial charge in [0.2, 0.25) is 11.1 Å². The van der Waals surface area contributed by atoms with E-state index in [9.17, 15) is 52.7 Å². The van der Waals surface area contributed by atoms with Gasteiger partial charge in [-0.2, -0.15) is 48.3 Å². The number of rotatable bonds is 2. The van der Waals surface area contributed by atoms with Crippen LogP contribution in [0.1, 0.15) is 26.2 Å². The van der Waals surface area contributed by atoms with Crippen molar-refractivity contribution in [3.8, 4) is 0 Å². The maximum Gasteiger partial charge on any atom is 0.456 e. The van der Waals surface area contributed by atoms with Gasteiger partial charge >= 0.3 is 24.5 Å². The second-order valence-corrected chi connectivity index (χ2v) is 5.32. The van der Waals surface area contributed by atoms with Gasteiger partial charge in [-0.15, -0.1) is 0 Å². The molecule has 12 heteroatoms. The SMILES string of the molecule is CCC1CCC(F)(C(F)(F)C(F)(F)F)C1(C(F)(F)F)C(F)(F)F. The van der Waals surface area contributed by atoms with E-state index >= 15 is 0 Å². The zero-order valence-electron chi connectivity index (χ0n) is 11.2. The van der Waals surface area contributed by atoms with Gasteiger partial charge in [-0.1, -0.05) is 13.3 Å². The van der Waals surface area contributed by atoms with Gasteiger partial charge in [0.1, 0.15) is 0 Å². The fourth-order valence-corrected chi connectivity index (χ4v) is 3.32. The number of halogens is 12. The summed E-state index contributed by atoms with van der Waals surface area (Å²) in [6.07, 6.45) is -25.0. The highest BCUT2D eigenvalue weighted by Crippen LogP contribution is 2.73. The maximum absolute atomic E-state index is 14.4. The van der Waals surface area contributed by atoms with Crippen LogP contribution in [0.3, 0.4) is 0 Å². The van der Waals surface area contributed by atoms with Crippen LogP contribution < -0.4 is 0 Å². The summed E-state index contributed by atoms with van der Waals surface area (Å²) in [6, 6.07) is 0. The first-order valence-electron chi connectivity index (χ1n) is 6.18. The molecule has 0 amide bonds. The minimum atomic E-state index is -6.91. The minimum absolute atomic E-state index is 0.731. The quantitative estimate of drug-likeness (QED) is 0.537. The van der Waals surface area contributed by atoms with Gasteiger partial charge in [0.25, 0.3) is 0 Å². The van der Waals surface area contributed by atoms with Crippen LogP contribution in [0.25, 0.3) is 0 Å². The second-order valence-electron chi connectivity index (χ2n) is 5.32. The summed E-state index contributed by atoms with van der Waals surface area (Å²) in [5, 5.41) is 0. The third kappa shape index (κ3) is 2.30. The van der Waals surface area contributed by atoms with Gasteiger partial charge in [-0.05, 0) is 18.8 Å². The molecule has 1 aliphatic carbocycles. The Morgan fingerprint density at radius 2 is 1.22 bits per heavy atom. The first-order valence-corrected chi connectivity index (χ1v) is 6.18. The third-order valence-electron chi connectivity index (χ3n) is 4.32. The van der Waals surface area contributed by atoms with Gasteiger partial charge in [0, 0.05) is 0 Å². The Morgan fingerprint density at radius 1 is 0.826 bits per heavy atom. The molecule has 1 saturated carbocycles. The number of hydrogen-bond donors (Lipinski definition) is 0. The molecule has 23 heavy (non-hydrogen) atoms. The number of alkyl halides is 12. The molecule has 0 aromatic heterocycles. The Bertz CT molecular complexity index is 427. The third-order valence-corrected chi connectivity index (χ3v) is 4.32. The van der Waals surface area contributed by atoms with Crippen molar-refractivity contribution in [1.82, 2.24) is 0 Å². The van der Waals surface area contributed by atoms with Crippen molar-refractivity contribution in [2.45, 2.75) is 56.3 Å². The summed E-state index contributed by atoms with van der Waals surface area (Å²) < 4.78 is 157. The van der Waals surface area contributed by atoms with E-state index in [1.165, 1.54) is 0 Å². The molecule has 0 radical (unpaired) electrons. The molecule has 0 aromatic rings. The predicted octanol–water partition coefficient (Wildman–Crippen LogP) is 5.82. The second kappa shape index (κ2) is 5.08. The van der Waals surface area contributed by atoms with E-state index in [1.807, 2.05) is 0 Å². The largest absolute Gasteiger partial charge is 0.456 e. The monoisotopic (exact) mass is 370 g/mol. The smallest absolute Gasteiger partial charge is 0.235 e. The molecular formula is C11H10F12. The van der Waals surface area contributed by atoms with Crippen LogP contribution in [-0.2, 0) is 0 Å². The van der Waals surface area contributed by atoms with Crippen molar-refractivity contribution in [1.29, 1.82) is 0 Å². The molecule has 0 nitrogen and oxygen atoms in total. The topological polar surface area (TPSA) is 0 Å². The summed E-state index contributed by atoms with van der Waals surface area (Å²) in [7, 11) is 0. The molecule has 1 fully saturated rings. The van der Waals surface area contributed by atoms with Gasteiger partial charge in [-0.3, -0.25) is 0 Å². The van der Waals surface area contributed by atoms with Gasteiger partial charge < -0.3 is 0 Å². The van der Waals surface area contributed by atoms with Crippen molar-refractivity contribution in [2.24, 2.45) is 11.3 Å². The van der Waals surface area contributed by atoms with Crippen LogP contribution in [0.2, 0.25) is 0 Å². The molecule has 0 aliphatic heterocycles. The van der Waals surface area contributed by atoms with Gasteiger partial charge in [-0.25, -0.2) is 4.39 Å². The average Bonchev–Trinajstić information content (AvgIpc) is 2.61. The van der Waals surface area contributed by atoms with Crippen molar-refractivity contribution in [3.63, 3.8) is 0 Å².